The van der Waals surface area contributed by atoms with Crippen LogP contribution in [-0.2, 0) is 33.2 Å². The molecular formula is C44H86O7. The molecule has 2 atom stereocenters. The van der Waals surface area contributed by atoms with Crippen molar-refractivity contribution in [1.82, 2.24) is 0 Å². The number of hydrogen-bond acceptors (Lipinski definition) is 7. The quantitative estimate of drug-likeness (QED) is 0.0354. The highest BCUT2D eigenvalue weighted by Gasteiger charge is 2.31. The zero-order valence-corrected chi connectivity index (χ0v) is 35.2. The van der Waals surface area contributed by atoms with Gasteiger partial charge in [0, 0.05) is 12.8 Å². The zero-order chi connectivity index (χ0) is 37.6. The van der Waals surface area contributed by atoms with E-state index < -0.39 is 12.6 Å². The molecule has 0 spiro atoms. The fraction of sp³-hybridized carbons (Fsp3) is 0.909. The van der Waals surface area contributed by atoms with Crippen molar-refractivity contribution in [2.24, 2.45) is 0 Å². The Balaban J connectivity index is 6.08. The molecule has 0 saturated carbocycles. The molecule has 0 rings (SSSR count). The third kappa shape index (κ3) is 26.9. The SMILES string of the molecule is CCCCCCCCCCC(OC)=C(OC)C(OCCCCCCC)OC(OCCCCCCC)C(OC)=C(CCCCCCCCCC)OC. The van der Waals surface area contributed by atoms with Gasteiger partial charge in [-0.1, -0.05) is 169 Å². The molecule has 0 fully saturated rings. The molecule has 0 aliphatic heterocycles. The van der Waals surface area contributed by atoms with Gasteiger partial charge in [0.25, 0.3) is 0 Å². The van der Waals surface area contributed by atoms with Crippen LogP contribution in [0, 0.1) is 0 Å². The van der Waals surface area contributed by atoms with Crippen molar-refractivity contribution in [1.29, 1.82) is 0 Å². The van der Waals surface area contributed by atoms with E-state index >= 15 is 0 Å². The van der Waals surface area contributed by atoms with Crippen LogP contribution in [0.2, 0.25) is 0 Å². The summed E-state index contributed by atoms with van der Waals surface area (Å²) in [4.78, 5) is 0. The smallest absolute Gasteiger partial charge is 0.223 e. The number of unbranched alkanes of at least 4 members (excludes halogenated alkanes) is 22. The topological polar surface area (TPSA) is 64.6 Å². The van der Waals surface area contributed by atoms with Crippen molar-refractivity contribution in [2.45, 2.75) is 220 Å². The molecule has 7 heteroatoms. The van der Waals surface area contributed by atoms with Gasteiger partial charge in [-0.3, -0.25) is 0 Å². The summed E-state index contributed by atoms with van der Waals surface area (Å²) in [7, 11) is 6.81. The zero-order valence-electron chi connectivity index (χ0n) is 35.2. The summed E-state index contributed by atoms with van der Waals surface area (Å²) in [5.74, 6) is 2.68. The Bertz CT molecular complexity index is 732. The second-order valence-corrected chi connectivity index (χ2v) is 14.2. The van der Waals surface area contributed by atoms with Gasteiger partial charge in [0.05, 0.1) is 41.7 Å². The first kappa shape index (κ1) is 49.6. The first-order valence-electron chi connectivity index (χ1n) is 21.6. The molecule has 2 unspecified atom stereocenters. The lowest BCUT2D eigenvalue weighted by Gasteiger charge is -2.29. The van der Waals surface area contributed by atoms with E-state index in [2.05, 4.69) is 27.7 Å². The molecule has 304 valence electrons. The van der Waals surface area contributed by atoms with E-state index in [1.165, 1.54) is 116 Å². The predicted octanol–water partition coefficient (Wildman–Crippen LogP) is 13.7. The van der Waals surface area contributed by atoms with Crippen molar-refractivity contribution < 1.29 is 33.2 Å². The molecule has 0 bridgehead atoms. The van der Waals surface area contributed by atoms with E-state index in [1.54, 1.807) is 28.4 Å². The van der Waals surface area contributed by atoms with Gasteiger partial charge in [0.15, 0.2) is 11.5 Å². The van der Waals surface area contributed by atoms with Gasteiger partial charge in [0.2, 0.25) is 12.6 Å². The summed E-state index contributed by atoms with van der Waals surface area (Å²) in [6.07, 6.45) is 31.4. The third-order valence-electron chi connectivity index (χ3n) is 9.71. The molecule has 0 radical (unpaired) electrons. The molecule has 0 N–H and O–H groups in total. The molecule has 0 aromatic heterocycles. The standard InChI is InChI=1S/C44H86O7/c1-9-13-17-21-23-25-27-31-35-39(45-5)41(47-7)43(49-37-33-29-19-15-11-3)51-44(50-38-34-30-20-16-12-4)42(48-8)40(46-6)36-32-28-26-24-22-18-14-10-2/h43-44H,9-38H2,1-8H3. The van der Waals surface area contributed by atoms with Crippen molar-refractivity contribution in [3.8, 4) is 0 Å². The van der Waals surface area contributed by atoms with Crippen molar-refractivity contribution >= 4 is 0 Å². The lowest BCUT2D eigenvalue weighted by Crippen LogP contribution is -2.33. The molecule has 51 heavy (non-hydrogen) atoms. The predicted molar refractivity (Wildman–Crippen MR) is 215 cm³/mol. The molecule has 0 aliphatic rings. The lowest BCUT2D eigenvalue weighted by molar-refractivity contribution is -0.240. The van der Waals surface area contributed by atoms with Crippen molar-refractivity contribution in [3.05, 3.63) is 23.0 Å². The highest BCUT2D eigenvalue weighted by molar-refractivity contribution is 5.08. The van der Waals surface area contributed by atoms with Crippen molar-refractivity contribution in [3.63, 3.8) is 0 Å². The van der Waals surface area contributed by atoms with Crippen LogP contribution < -0.4 is 0 Å². The van der Waals surface area contributed by atoms with E-state index in [-0.39, 0.29) is 0 Å². The van der Waals surface area contributed by atoms with E-state index in [0.717, 1.165) is 75.7 Å². The highest BCUT2D eigenvalue weighted by Crippen LogP contribution is 2.28. The van der Waals surface area contributed by atoms with Gasteiger partial charge in [-0.15, -0.1) is 0 Å². The third-order valence-corrected chi connectivity index (χ3v) is 9.71. The van der Waals surface area contributed by atoms with Gasteiger partial charge < -0.3 is 33.2 Å². The van der Waals surface area contributed by atoms with Crippen LogP contribution in [0.1, 0.15) is 207 Å². The van der Waals surface area contributed by atoms with Gasteiger partial charge in [0.1, 0.15) is 11.5 Å². The lowest BCUT2D eigenvalue weighted by atomic mass is 10.1. The maximum absolute atomic E-state index is 6.77. The van der Waals surface area contributed by atoms with Gasteiger partial charge in [-0.25, -0.2) is 0 Å². The highest BCUT2D eigenvalue weighted by atomic mass is 16.8. The monoisotopic (exact) mass is 727 g/mol. The summed E-state index contributed by atoms with van der Waals surface area (Å²) in [6.45, 7) is 10.1. The summed E-state index contributed by atoms with van der Waals surface area (Å²) in [6, 6.07) is 0. The van der Waals surface area contributed by atoms with Crippen LogP contribution in [0.25, 0.3) is 0 Å². The number of rotatable bonds is 40. The first-order chi connectivity index (χ1) is 25.1. The minimum absolute atomic E-state index is 0.557. The summed E-state index contributed by atoms with van der Waals surface area (Å²) in [5.41, 5.74) is 0. The molecule has 7 nitrogen and oxygen atoms in total. The number of ether oxygens (including phenoxy) is 7. The first-order valence-corrected chi connectivity index (χ1v) is 21.6. The Morgan fingerprint density at radius 1 is 0.333 bits per heavy atom. The fourth-order valence-electron chi connectivity index (χ4n) is 6.43. The van der Waals surface area contributed by atoms with E-state index in [4.69, 9.17) is 33.2 Å². The van der Waals surface area contributed by atoms with Crippen LogP contribution in [-0.4, -0.2) is 54.2 Å². The van der Waals surface area contributed by atoms with E-state index in [9.17, 15) is 0 Å². The van der Waals surface area contributed by atoms with E-state index in [0.29, 0.717) is 24.7 Å². The van der Waals surface area contributed by atoms with Gasteiger partial charge >= 0.3 is 0 Å². The molecule has 0 amide bonds. The molecule has 0 heterocycles. The van der Waals surface area contributed by atoms with Crippen LogP contribution in [0.3, 0.4) is 0 Å². The Labute approximate surface area is 317 Å². The van der Waals surface area contributed by atoms with Gasteiger partial charge in [-0.05, 0) is 25.7 Å². The second kappa shape index (κ2) is 38.3. The Morgan fingerprint density at radius 3 is 0.882 bits per heavy atom. The second-order valence-electron chi connectivity index (χ2n) is 14.2. The minimum atomic E-state index is -0.804. The normalized spacial score (nSPS) is 13.8. The van der Waals surface area contributed by atoms with Crippen molar-refractivity contribution in [2.75, 3.05) is 41.7 Å². The Hall–Kier alpha value is -1.44. The van der Waals surface area contributed by atoms with E-state index in [1.807, 2.05) is 0 Å². The number of allylic oxidation sites excluding steroid dienone is 2. The molecular weight excluding hydrogens is 640 g/mol. The molecule has 0 saturated heterocycles. The molecule has 0 aromatic rings. The molecule has 0 aromatic carbocycles. The average molecular weight is 727 g/mol. The molecule has 0 aliphatic carbocycles. The number of hydrogen-bond donors (Lipinski definition) is 0. The number of methoxy groups -OCH3 is 4. The minimum Gasteiger partial charge on any atom is -0.497 e. The summed E-state index contributed by atoms with van der Waals surface area (Å²) >= 11 is 0. The summed E-state index contributed by atoms with van der Waals surface area (Å²) in [5, 5.41) is 0. The Morgan fingerprint density at radius 2 is 0.608 bits per heavy atom. The maximum Gasteiger partial charge on any atom is 0.223 e. The average Bonchev–Trinajstić information content (AvgIpc) is 3.14. The van der Waals surface area contributed by atoms with Crippen LogP contribution in [0.4, 0.5) is 0 Å². The van der Waals surface area contributed by atoms with Gasteiger partial charge in [-0.2, -0.15) is 0 Å². The van der Waals surface area contributed by atoms with Crippen LogP contribution in [0.5, 0.6) is 0 Å². The maximum atomic E-state index is 6.77. The van der Waals surface area contributed by atoms with Crippen LogP contribution in [0.15, 0.2) is 23.0 Å². The van der Waals surface area contributed by atoms with Crippen LogP contribution >= 0.6 is 0 Å². The largest absolute Gasteiger partial charge is 0.497 e. The summed E-state index contributed by atoms with van der Waals surface area (Å²) < 4.78 is 43.8. The Kier molecular flexibility index (Phi) is 37.2. The fourth-order valence-corrected chi connectivity index (χ4v) is 6.43.